The standard InChI is InChI=1S/C28H31F3/c1-2-3-4-19-5-7-20(8-6-19)9-10-21-11-13-26-22(15-21)12-14-27(28(26)31)23-16-24(29)18-25(30)17-23/h11-20H,2-10H2,1H3. The van der Waals surface area contributed by atoms with E-state index in [0.29, 0.717) is 5.39 Å². The summed E-state index contributed by atoms with van der Waals surface area (Å²) < 4.78 is 42.2. The second kappa shape index (κ2) is 9.89. The van der Waals surface area contributed by atoms with Crippen molar-refractivity contribution in [2.45, 2.75) is 64.7 Å². The lowest BCUT2D eigenvalue weighted by atomic mass is 9.78. The Balaban J connectivity index is 1.43. The summed E-state index contributed by atoms with van der Waals surface area (Å²) >= 11 is 0. The topological polar surface area (TPSA) is 0 Å². The summed E-state index contributed by atoms with van der Waals surface area (Å²) in [5, 5.41) is 1.32. The van der Waals surface area contributed by atoms with Gasteiger partial charge in [0.05, 0.1) is 0 Å². The molecule has 1 saturated carbocycles. The number of halogens is 3. The van der Waals surface area contributed by atoms with Gasteiger partial charge in [-0.2, -0.15) is 0 Å². The van der Waals surface area contributed by atoms with Crippen LogP contribution in [-0.2, 0) is 6.42 Å². The van der Waals surface area contributed by atoms with Gasteiger partial charge in [-0.1, -0.05) is 82.2 Å². The second-order valence-corrected chi connectivity index (χ2v) is 9.21. The third kappa shape index (κ3) is 5.31. The molecule has 0 bridgehead atoms. The summed E-state index contributed by atoms with van der Waals surface area (Å²) in [6.45, 7) is 2.27. The van der Waals surface area contributed by atoms with Gasteiger partial charge in [-0.25, -0.2) is 13.2 Å². The van der Waals surface area contributed by atoms with E-state index in [1.807, 2.05) is 12.1 Å². The molecule has 3 aromatic carbocycles. The molecule has 0 nitrogen and oxygen atoms in total. The fraction of sp³-hybridized carbons (Fsp3) is 0.429. The van der Waals surface area contributed by atoms with Crippen LogP contribution in [-0.4, -0.2) is 0 Å². The first kappa shape index (κ1) is 21.9. The molecular formula is C28H31F3. The third-order valence-corrected chi connectivity index (χ3v) is 6.97. The fourth-order valence-corrected chi connectivity index (χ4v) is 5.10. The first-order chi connectivity index (χ1) is 15.0. The van der Waals surface area contributed by atoms with Crippen LogP contribution in [0.4, 0.5) is 13.2 Å². The van der Waals surface area contributed by atoms with Gasteiger partial charge in [-0.05, 0) is 53.3 Å². The third-order valence-electron chi connectivity index (χ3n) is 6.97. The lowest BCUT2D eigenvalue weighted by molar-refractivity contribution is 0.250. The fourth-order valence-electron chi connectivity index (χ4n) is 5.10. The summed E-state index contributed by atoms with van der Waals surface area (Å²) in [6.07, 6.45) is 11.7. The maximum absolute atomic E-state index is 15.1. The predicted molar refractivity (Wildman–Crippen MR) is 123 cm³/mol. The van der Waals surface area contributed by atoms with Gasteiger partial charge in [0.1, 0.15) is 17.5 Å². The number of aryl methyl sites for hydroxylation is 1. The van der Waals surface area contributed by atoms with Crippen LogP contribution in [0.1, 0.15) is 63.9 Å². The van der Waals surface area contributed by atoms with Crippen molar-refractivity contribution in [1.82, 2.24) is 0 Å². The molecule has 3 heteroatoms. The molecule has 1 fully saturated rings. The van der Waals surface area contributed by atoms with Gasteiger partial charge in [0.2, 0.25) is 0 Å². The molecule has 1 aliphatic rings. The molecule has 1 aliphatic carbocycles. The van der Waals surface area contributed by atoms with Crippen LogP contribution < -0.4 is 0 Å². The normalized spacial score (nSPS) is 19.1. The zero-order chi connectivity index (χ0) is 21.8. The van der Waals surface area contributed by atoms with E-state index in [9.17, 15) is 8.78 Å². The zero-order valence-corrected chi connectivity index (χ0v) is 18.3. The largest absolute Gasteiger partial charge is 0.207 e. The quantitative estimate of drug-likeness (QED) is 0.355. The molecule has 0 amide bonds. The van der Waals surface area contributed by atoms with E-state index >= 15 is 4.39 Å². The Kier molecular flexibility index (Phi) is 6.99. The van der Waals surface area contributed by atoms with Gasteiger partial charge in [-0.15, -0.1) is 0 Å². The Morgan fingerprint density at radius 2 is 1.45 bits per heavy atom. The molecule has 164 valence electrons. The average Bonchev–Trinajstić information content (AvgIpc) is 2.76. The molecule has 3 aromatic rings. The van der Waals surface area contributed by atoms with Gasteiger partial charge in [0, 0.05) is 17.0 Å². The van der Waals surface area contributed by atoms with Crippen LogP contribution in [0.25, 0.3) is 21.9 Å². The van der Waals surface area contributed by atoms with Crippen molar-refractivity contribution in [3.8, 4) is 11.1 Å². The number of benzene rings is 3. The highest BCUT2D eigenvalue weighted by atomic mass is 19.1. The predicted octanol–water partition coefficient (Wildman–Crippen LogP) is 8.85. The Bertz CT molecular complexity index is 1010. The van der Waals surface area contributed by atoms with Crippen molar-refractivity contribution in [3.63, 3.8) is 0 Å². The molecule has 0 aromatic heterocycles. The molecule has 0 atom stereocenters. The maximum Gasteiger partial charge on any atom is 0.138 e. The van der Waals surface area contributed by atoms with Crippen molar-refractivity contribution < 1.29 is 13.2 Å². The van der Waals surface area contributed by atoms with E-state index in [0.717, 1.165) is 29.7 Å². The van der Waals surface area contributed by atoms with Gasteiger partial charge in [-0.3, -0.25) is 0 Å². The number of hydrogen-bond acceptors (Lipinski definition) is 0. The molecule has 31 heavy (non-hydrogen) atoms. The van der Waals surface area contributed by atoms with Crippen LogP contribution >= 0.6 is 0 Å². The Morgan fingerprint density at radius 1 is 0.774 bits per heavy atom. The molecule has 0 unspecified atom stereocenters. The highest BCUT2D eigenvalue weighted by Crippen LogP contribution is 2.35. The molecule has 0 heterocycles. The van der Waals surface area contributed by atoms with E-state index in [2.05, 4.69) is 13.0 Å². The van der Waals surface area contributed by atoms with Gasteiger partial charge >= 0.3 is 0 Å². The van der Waals surface area contributed by atoms with Crippen molar-refractivity contribution in [3.05, 3.63) is 71.5 Å². The van der Waals surface area contributed by atoms with Crippen LogP contribution in [0.3, 0.4) is 0 Å². The van der Waals surface area contributed by atoms with E-state index in [-0.39, 0.29) is 11.1 Å². The molecule has 0 N–H and O–H groups in total. The van der Waals surface area contributed by atoms with Gasteiger partial charge in [0.25, 0.3) is 0 Å². The van der Waals surface area contributed by atoms with E-state index in [1.54, 1.807) is 12.1 Å². The molecular weight excluding hydrogens is 393 g/mol. The molecule has 4 rings (SSSR count). The summed E-state index contributed by atoms with van der Waals surface area (Å²) in [5.74, 6) is -0.107. The van der Waals surface area contributed by atoms with Gasteiger partial charge in [0.15, 0.2) is 0 Å². The first-order valence-corrected chi connectivity index (χ1v) is 11.7. The smallest absolute Gasteiger partial charge is 0.138 e. The van der Waals surface area contributed by atoms with Crippen molar-refractivity contribution in [2.24, 2.45) is 11.8 Å². The van der Waals surface area contributed by atoms with Crippen LogP contribution in [0.2, 0.25) is 0 Å². The van der Waals surface area contributed by atoms with E-state index in [1.165, 1.54) is 69.1 Å². The lowest BCUT2D eigenvalue weighted by Gasteiger charge is -2.28. The highest BCUT2D eigenvalue weighted by molar-refractivity contribution is 5.88. The summed E-state index contributed by atoms with van der Waals surface area (Å²) in [5.41, 5.74) is 1.67. The van der Waals surface area contributed by atoms with Crippen LogP contribution in [0.5, 0.6) is 0 Å². The monoisotopic (exact) mass is 424 g/mol. The minimum atomic E-state index is -0.704. The van der Waals surface area contributed by atoms with E-state index in [4.69, 9.17) is 0 Å². The lowest BCUT2D eigenvalue weighted by Crippen LogP contribution is -2.15. The Labute approximate surface area is 183 Å². The summed E-state index contributed by atoms with van der Waals surface area (Å²) in [6, 6.07) is 12.5. The average molecular weight is 425 g/mol. The second-order valence-electron chi connectivity index (χ2n) is 9.21. The first-order valence-electron chi connectivity index (χ1n) is 11.7. The van der Waals surface area contributed by atoms with Crippen molar-refractivity contribution in [2.75, 3.05) is 0 Å². The molecule has 0 radical (unpaired) electrons. The zero-order valence-electron chi connectivity index (χ0n) is 18.3. The highest BCUT2D eigenvalue weighted by Gasteiger charge is 2.20. The Hall–Kier alpha value is -2.29. The number of hydrogen-bond donors (Lipinski definition) is 0. The summed E-state index contributed by atoms with van der Waals surface area (Å²) in [7, 11) is 0. The van der Waals surface area contributed by atoms with E-state index < -0.39 is 17.5 Å². The Morgan fingerprint density at radius 3 is 2.13 bits per heavy atom. The van der Waals surface area contributed by atoms with Gasteiger partial charge < -0.3 is 0 Å². The van der Waals surface area contributed by atoms with Crippen LogP contribution in [0.15, 0.2) is 48.5 Å². The number of unbranched alkanes of at least 4 members (excludes halogenated alkanes) is 1. The SMILES string of the molecule is CCCCC1CCC(CCc2ccc3c(F)c(-c4cc(F)cc(F)c4)ccc3c2)CC1. The number of fused-ring (bicyclic) bond motifs is 1. The number of rotatable bonds is 7. The molecule has 0 aliphatic heterocycles. The van der Waals surface area contributed by atoms with Crippen molar-refractivity contribution >= 4 is 10.8 Å². The summed E-state index contributed by atoms with van der Waals surface area (Å²) in [4.78, 5) is 0. The minimum Gasteiger partial charge on any atom is -0.207 e. The minimum absolute atomic E-state index is 0.218. The van der Waals surface area contributed by atoms with Crippen molar-refractivity contribution in [1.29, 1.82) is 0 Å². The molecule has 0 saturated heterocycles. The van der Waals surface area contributed by atoms with Crippen LogP contribution in [0, 0.1) is 29.3 Å². The maximum atomic E-state index is 15.1. The molecule has 0 spiro atoms.